The number of halogens is 1. The molecule has 32 heavy (non-hydrogen) atoms. The minimum absolute atomic E-state index is 0.0617. The molecule has 170 valence electrons. The van der Waals surface area contributed by atoms with Gasteiger partial charge in [0.1, 0.15) is 5.82 Å². The van der Waals surface area contributed by atoms with Gasteiger partial charge < -0.3 is 20.6 Å². The first kappa shape index (κ1) is 22.3. The van der Waals surface area contributed by atoms with Crippen molar-refractivity contribution in [2.45, 2.75) is 37.8 Å². The molecule has 7 heteroatoms. The number of carbonyl (C=O) groups excluding carboxylic acids is 1. The first-order chi connectivity index (χ1) is 15.5. The Hall–Kier alpha value is -2.93. The van der Waals surface area contributed by atoms with Crippen LogP contribution < -0.4 is 5.73 Å². The smallest absolute Gasteiger partial charge is 0.259 e. The largest absolute Gasteiger partial charge is 0.375 e. The normalized spacial score (nSPS) is 19.8. The molecule has 1 unspecified atom stereocenters. The van der Waals surface area contributed by atoms with Gasteiger partial charge in [-0.05, 0) is 36.1 Å². The number of carbonyl (C=O) groups is 1. The number of nitrogens with two attached hydrogens (primary N) is 1. The van der Waals surface area contributed by atoms with Gasteiger partial charge in [0.05, 0.1) is 6.54 Å². The molecule has 1 saturated heterocycles. The fraction of sp³-hybridized carbons (Fsp3) is 0.440. The van der Waals surface area contributed by atoms with Crippen molar-refractivity contribution in [3.05, 3.63) is 71.5 Å². The Morgan fingerprint density at radius 2 is 1.69 bits per heavy atom. The number of hydrogen-bond acceptors (Lipinski definition) is 3. The van der Waals surface area contributed by atoms with Crippen LogP contribution in [0.25, 0.3) is 0 Å². The number of benzene rings is 2. The van der Waals surface area contributed by atoms with Crippen LogP contribution in [0.3, 0.4) is 0 Å². The number of rotatable bonds is 5. The summed E-state index contributed by atoms with van der Waals surface area (Å²) in [6, 6.07) is 15.6. The van der Waals surface area contributed by atoms with E-state index in [1.54, 1.807) is 11.0 Å². The Morgan fingerprint density at radius 3 is 2.34 bits per heavy atom. The highest BCUT2D eigenvalue weighted by Crippen LogP contribution is 2.42. The minimum atomic E-state index is -1.49. The summed E-state index contributed by atoms with van der Waals surface area (Å²) in [5.74, 6) is -0.189. The van der Waals surface area contributed by atoms with Gasteiger partial charge >= 0.3 is 0 Å². The quantitative estimate of drug-likeness (QED) is 0.556. The van der Waals surface area contributed by atoms with Crippen molar-refractivity contribution in [3.8, 4) is 0 Å². The topological polar surface area (TPSA) is 82.2 Å². The van der Waals surface area contributed by atoms with E-state index in [9.17, 15) is 14.3 Å². The van der Waals surface area contributed by atoms with Gasteiger partial charge in [-0.15, -0.1) is 0 Å². The van der Waals surface area contributed by atoms with Crippen LogP contribution in [0.5, 0.6) is 0 Å². The van der Waals surface area contributed by atoms with Gasteiger partial charge in [-0.1, -0.05) is 55.3 Å². The molecule has 0 bridgehead atoms. The standard InChI is InChI=1S/C25H31FN4O2/c26-22-12-6-7-19(17-22)18-28-24(27)30-15-13-29(14-16-30)23(31)25(32,21-10-4-5-11-21)20-8-2-1-3-9-20/h1-3,6-9,12,17,21,32H,4-5,10-11,13-16,18H2,(H2,27,28). The molecular formula is C25H31FN4O2. The van der Waals surface area contributed by atoms with E-state index >= 15 is 0 Å². The Morgan fingerprint density at radius 1 is 1.03 bits per heavy atom. The van der Waals surface area contributed by atoms with E-state index in [0.29, 0.717) is 44.2 Å². The zero-order chi connectivity index (χ0) is 22.6. The van der Waals surface area contributed by atoms with Gasteiger partial charge in [0.2, 0.25) is 0 Å². The number of aliphatic imine (C=N–C) groups is 1. The third kappa shape index (κ3) is 4.63. The van der Waals surface area contributed by atoms with Gasteiger partial charge in [-0.2, -0.15) is 0 Å². The lowest BCUT2D eigenvalue weighted by Gasteiger charge is -2.41. The van der Waals surface area contributed by atoms with Crippen LogP contribution in [0, 0.1) is 11.7 Å². The number of amides is 1. The average Bonchev–Trinajstić information content (AvgIpc) is 3.38. The Kier molecular flexibility index (Phi) is 6.74. The molecule has 2 aliphatic rings. The predicted octanol–water partition coefficient (Wildman–Crippen LogP) is 2.86. The summed E-state index contributed by atoms with van der Waals surface area (Å²) in [5.41, 5.74) is 6.10. The predicted molar refractivity (Wildman–Crippen MR) is 122 cm³/mol. The van der Waals surface area contributed by atoms with Crippen molar-refractivity contribution in [1.29, 1.82) is 0 Å². The maximum atomic E-state index is 13.6. The van der Waals surface area contributed by atoms with Crippen molar-refractivity contribution in [3.63, 3.8) is 0 Å². The summed E-state index contributed by atoms with van der Waals surface area (Å²) in [6.07, 6.45) is 3.80. The highest BCUT2D eigenvalue weighted by atomic mass is 19.1. The Bertz CT molecular complexity index is 953. The molecule has 2 aromatic carbocycles. The molecule has 1 aliphatic heterocycles. The van der Waals surface area contributed by atoms with Crippen LogP contribution in [0.1, 0.15) is 36.8 Å². The second-order valence-corrected chi connectivity index (χ2v) is 8.70. The van der Waals surface area contributed by atoms with Crippen LogP contribution >= 0.6 is 0 Å². The molecular weight excluding hydrogens is 407 g/mol. The van der Waals surface area contributed by atoms with E-state index in [-0.39, 0.29) is 17.6 Å². The van der Waals surface area contributed by atoms with E-state index in [0.717, 1.165) is 31.2 Å². The summed E-state index contributed by atoms with van der Waals surface area (Å²) < 4.78 is 13.3. The molecule has 3 N–H and O–H groups in total. The highest BCUT2D eigenvalue weighted by molar-refractivity contribution is 5.87. The molecule has 1 aliphatic carbocycles. The molecule has 1 heterocycles. The van der Waals surface area contributed by atoms with E-state index in [4.69, 9.17) is 5.73 Å². The summed E-state index contributed by atoms with van der Waals surface area (Å²) in [4.78, 5) is 21.7. The average molecular weight is 439 g/mol. The molecule has 2 fully saturated rings. The van der Waals surface area contributed by atoms with Crippen molar-refractivity contribution in [2.75, 3.05) is 26.2 Å². The SMILES string of the molecule is NC(=NCc1cccc(F)c1)N1CCN(C(=O)C(O)(c2ccccc2)C2CCCC2)CC1. The monoisotopic (exact) mass is 438 g/mol. The molecule has 0 spiro atoms. The number of aliphatic hydroxyl groups is 1. The van der Waals surface area contributed by atoms with Gasteiger partial charge in [0, 0.05) is 32.1 Å². The molecule has 0 radical (unpaired) electrons. The number of hydrogen-bond donors (Lipinski definition) is 2. The first-order valence-electron chi connectivity index (χ1n) is 11.3. The maximum absolute atomic E-state index is 13.6. The van der Waals surface area contributed by atoms with Gasteiger partial charge in [0.15, 0.2) is 11.6 Å². The van der Waals surface area contributed by atoms with Crippen molar-refractivity contribution >= 4 is 11.9 Å². The first-order valence-corrected chi connectivity index (χ1v) is 11.3. The minimum Gasteiger partial charge on any atom is -0.375 e. The molecule has 6 nitrogen and oxygen atoms in total. The number of nitrogens with zero attached hydrogens (tertiary/aromatic N) is 3. The van der Waals surface area contributed by atoms with Crippen LogP contribution in [0.2, 0.25) is 0 Å². The summed E-state index contributed by atoms with van der Waals surface area (Å²) in [6.45, 7) is 2.32. The van der Waals surface area contributed by atoms with Crippen LogP contribution in [-0.2, 0) is 16.9 Å². The molecule has 1 atom stereocenters. The Balaban J connectivity index is 1.42. The lowest BCUT2D eigenvalue weighted by atomic mass is 9.79. The third-order valence-electron chi connectivity index (χ3n) is 6.69. The summed E-state index contributed by atoms with van der Waals surface area (Å²) in [7, 11) is 0. The van der Waals surface area contributed by atoms with E-state index in [1.807, 2.05) is 41.3 Å². The second kappa shape index (κ2) is 9.69. The van der Waals surface area contributed by atoms with Gasteiger partial charge in [-0.3, -0.25) is 4.79 Å². The lowest BCUT2D eigenvalue weighted by molar-refractivity contribution is -0.160. The van der Waals surface area contributed by atoms with Crippen LogP contribution in [-0.4, -0.2) is 53.0 Å². The highest BCUT2D eigenvalue weighted by Gasteiger charge is 2.48. The maximum Gasteiger partial charge on any atom is 0.259 e. The van der Waals surface area contributed by atoms with Crippen LogP contribution in [0.15, 0.2) is 59.6 Å². The van der Waals surface area contributed by atoms with Crippen molar-refractivity contribution < 1.29 is 14.3 Å². The summed E-state index contributed by atoms with van der Waals surface area (Å²) in [5, 5.41) is 11.7. The van der Waals surface area contributed by atoms with Crippen molar-refractivity contribution in [2.24, 2.45) is 16.6 Å². The van der Waals surface area contributed by atoms with Crippen LogP contribution in [0.4, 0.5) is 4.39 Å². The van der Waals surface area contributed by atoms with E-state index < -0.39 is 5.60 Å². The zero-order valence-corrected chi connectivity index (χ0v) is 18.3. The van der Waals surface area contributed by atoms with Crippen molar-refractivity contribution in [1.82, 2.24) is 9.80 Å². The molecule has 1 saturated carbocycles. The fourth-order valence-electron chi connectivity index (χ4n) is 4.86. The van der Waals surface area contributed by atoms with E-state index in [2.05, 4.69) is 4.99 Å². The van der Waals surface area contributed by atoms with Gasteiger partial charge in [0.25, 0.3) is 5.91 Å². The fourth-order valence-corrected chi connectivity index (χ4v) is 4.86. The third-order valence-corrected chi connectivity index (χ3v) is 6.69. The molecule has 4 rings (SSSR count). The zero-order valence-electron chi connectivity index (χ0n) is 18.3. The number of guanidine groups is 1. The number of piperazine rings is 1. The Labute approximate surface area is 188 Å². The molecule has 0 aromatic heterocycles. The molecule has 2 aromatic rings. The summed E-state index contributed by atoms with van der Waals surface area (Å²) >= 11 is 0. The molecule has 1 amide bonds. The second-order valence-electron chi connectivity index (χ2n) is 8.70. The van der Waals surface area contributed by atoms with Gasteiger partial charge in [-0.25, -0.2) is 9.38 Å². The van der Waals surface area contributed by atoms with E-state index in [1.165, 1.54) is 12.1 Å². The lowest BCUT2D eigenvalue weighted by Crippen LogP contribution is -2.58.